The van der Waals surface area contributed by atoms with Crippen LogP contribution in [0.2, 0.25) is 0 Å². The highest BCUT2D eigenvalue weighted by Crippen LogP contribution is 2.16. The molecule has 0 saturated carbocycles. The number of ether oxygens (including phenoxy) is 1. The summed E-state index contributed by atoms with van der Waals surface area (Å²) in [5.41, 5.74) is 6.95. The van der Waals surface area contributed by atoms with Crippen LogP contribution >= 0.6 is 15.9 Å². The van der Waals surface area contributed by atoms with E-state index in [0.717, 1.165) is 0 Å². The molecule has 0 aliphatic heterocycles. The van der Waals surface area contributed by atoms with Gasteiger partial charge in [-0.15, -0.1) is 0 Å². The first-order valence-corrected chi connectivity index (χ1v) is 7.28. The van der Waals surface area contributed by atoms with Crippen molar-refractivity contribution in [2.75, 3.05) is 12.3 Å². The van der Waals surface area contributed by atoms with E-state index < -0.39 is 5.97 Å². The Morgan fingerprint density at radius 3 is 3.00 bits per heavy atom. The molecule has 0 bridgehead atoms. The van der Waals surface area contributed by atoms with Gasteiger partial charge in [0.1, 0.15) is 11.8 Å². The molecule has 0 aliphatic rings. The Balaban J connectivity index is 1.54. The number of carbonyl (C=O) groups excluding carboxylic acids is 1. The molecule has 3 aromatic heterocycles. The Morgan fingerprint density at radius 2 is 2.23 bits per heavy atom. The number of hydrogen-bond acceptors (Lipinski definition) is 7. The fraction of sp³-hybridized carbons (Fsp3) is 0.231. The van der Waals surface area contributed by atoms with Crippen molar-refractivity contribution in [2.45, 2.75) is 13.0 Å². The number of imidazole rings is 1. The summed E-state index contributed by atoms with van der Waals surface area (Å²) >= 11 is 3.13. The van der Waals surface area contributed by atoms with Crippen molar-refractivity contribution < 1.29 is 13.9 Å². The van der Waals surface area contributed by atoms with Gasteiger partial charge in [-0.1, -0.05) is 0 Å². The lowest BCUT2D eigenvalue weighted by Crippen LogP contribution is -2.08. The van der Waals surface area contributed by atoms with E-state index in [1.54, 1.807) is 18.5 Å². The topological polar surface area (TPSA) is 109 Å². The lowest BCUT2D eigenvalue weighted by molar-refractivity contribution is 0.0458. The summed E-state index contributed by atoms with van der Waals surface area (Å²) in [6.07, 6.45) is 3.65. The van der Waals surface area contributed by atoms with Crippen LogP contribution in [0.4, 0.5) is 5.82 Å². The second-order valence-corrected chi connectivity index (χ2v) is 5.24. The number of aryl methyl sites for hydroxylation is 1. The van der Waals surface area contributed by atoms with Crippen molar-refractivity contribution in [1.82, 2.24) is 19.5 Å². The Labute approximate surface area is 133 Å². The summed E-state index contributed by atoms with van der Waals surface area (Å²) in [5, 5.41) is 0. The molecule has 0 aliphatic carbocycles. The third-order valence-electron chi connectivity index (χ3n) is 2.98. The molecule has 0 saturated heterocycles. The molecule has 2 N–H and O–H groups in total. The van der Waals surface area contributed by atoms with Gasteiger partial charge < -0.3 is 19.5 Å². The smallest absolute Gasteiger partial charge is 0.374 e. The summed E-state index contributed by atoms with van der Waals surface area (Å²) in [5.74, 6) is 0.0202. The van der Waals surface area contributed by atoms with Gasteiger partial charge in [0.25, 0.3) is 0 Å². The van der Waals surface area contributed by atoms with Crippen LogP contribution in [0.15, 0.2) is 33.9 Å². The standard InChI is InChI=1S/C13H12BrN5O3/c14-9-3-2-8(22-9)13(20)21-5-1-4-19-7-18-10-11(15)16-6-17-12(10)19/h2-3,6-7H,1,4-5H2,(H2,15,16,17). The zero-order valence-electron chi connectivity index (χ0n) is 11.4. The summed E-state index contributed by atoms with van der Waals surface area (Å²) in [7, 11) is 0. The van der Waals surface area contributed by atoms with Crippen LogP contribution in [0.25, 0.3) is 11.2 Å². The molecule has 114 valence electrons. The van der Waals surface area contributed by atoms with E-state index in [0.29, 0.717) is 34.6 Å². The van der Waals surface area contributed by atoms with Crippen LogP contribution in [0.3, 0.4) is 0 Å². The van der Waals surface area contributed by atoms with Crippen LogP contribution in [0.1, 0.15) is 17.0 Å². The number of nitrogen functional groups attached to an aromatic ring is 1. The third-order valence-corrected chi connectivity index (χ3v) is 3.41. The molecule has 9 heteroatoms. The highest BCUT2D eigenvalue weighted by molar-refractivity contribution is 9.10. The van der Waals surface area contributed by atoms with Crippen LogP contribution < -0.4 is 5.73 Å². The van der Waals surface area contributed by atoms with Crippen LogP contribution in [0.5, 0.6) is 0 Å². The zero-order chi connectivity index (χ0) is 15.5. The molecule has 3 heterocycles. The first-order chi connectivity index (χ1) is 10.6. The van der Waals surface area contributed by atoms with Gasteiger partial charge in [0.15, 0.2) is 16.1 Å². The van der Waals surface area contributed by atoms with E-state index in [9.17, 15) is 4.79 Å². The van der Waals surface area contributed by atoms with E-state index in [1.165, 1.54) is 6.33 Å². The molecule has 0 amide bonds. The maximum atomic E-state index is 11.7. The molecule has 0 atom stereocenters. The molecule has 3 aromatic rings. The number of fused-ring (bicyclic) bond motifs is 1. The van der Waals surface area contributed by atoms with Crippen LogP contribution in [-0.2, 0) is 11.3 Å². The van der Waals surface area contributed by atoms with Crippen molar-refractivity contribution in [3.05, 3.63) is 35.2 Å². The van der Waals surface area contributed by atoms with E-state index in [1.807, 2.05) is 4.57 Å². The summed E-state index contributed by atoms with van der Waals surface area (Å²) in [6, 6.07) is 3.19. The number of rotatable bonds is 5. The average Bonchev–Trinajstić information content (AvgIpc) is 3.11. The van der Waals surface area contributed by atoms with Crippen molar-refractivity contribution in [3.8, 4) is 0 Å². The lowest BCUT2D eigenvalue weighted by Gasteiger charge is -2.04. The summed E-state index contributed by atoms with van der Waals surface area (Å²) in [6.45, 7) is 0.861. The van der Waals surface area contributed by atoms with E-state index in [2.05, 4.69) is 30.9 Å². The highest BCUT2D eigenvalue weighted by atomic mass is 79.9. The molecule has 0 fully saturated rings. The van der Waals surface area contributed by atoms with Crippen molar-refractivity contribution >= 4 is 38.9 Å². The predicted octanol–water partition coefficient (Wildman–Crippen LogP) is 2.01. The Hall–Kier alpha value is -2.42. The first-order valence-electron chi connectivity index (χ1n) is 6.49. The minimum Gasteiger partial charge on any atom is -0.460 e. The zero-order valence-corrected chi connectivity index (χ0v) is 13.0. The normalized spacial score (nSPS) is 11.0. The Morgan fingerprint density at radius 1 is 1.36 bits per heavy atom. The summed E-state index contributed by atoms with van der Waals surface area (Å²) in [4.78, 5) is 23.9. The molecule has 0 aromatic carbocycles. The number of halogens is 1. The number of nitrogens with two attached hydrogens (primary N) is 1. The molecule has 0 spiro atoms. The van der Waals surface area contributed by atoms with Crippen LogP contribution in [0, 0.1) is 0 Å². The minimum absolute atomic E-state index is 0.167. The molecule has 8 nitrogen and oxygen atoms in total. The molecule has 0 radical (unpaired) electrons. The van der Waals surface area contributed by atoms with Gasteiger partial charge in [-0.05, 0) is 34.5 Å². The number of carbonyl (C=O) groups is 1. The Bertz CT molecular complexity index is 813. The number of nitrogens with zero attached hydrogens (tertiary/aromatic N) is 4. The third kappa shape index (κ3) is 2.93. The second kappa shape index (κ2) is 6.14. The monoisotopic (exact) mass is 365 g/mol. The van der Waals surface area contributed by atoms with Crippen molar-refractivity contribution in [2.24, 2.45) is 0 Å². The Kier molecular flexibility index (Phi) is 4.05. The molecule has 22 heavy (non-hydrogen) atoms. The van der Waals surface area contributed by atoms with E-state index in [4.69, 9.17) is 14.9 Å². The first kappa shape index (κ1) is 14.5. The largest absolute Gasteiger partial charge is 0.460 e. The quantitative estimate of drug-likeness (QED) is 0.543. The van der Waals surface area contributed by atoms with Gasteiger partial charge in [-0.3, -0.25) is 0 Å². The van der Waals surface area contributed by atoms with Gasteiger partial charge in [-0.25, -0.2) is 19.7 Å². The van der Waals surface area contributed by atoms with E-state index >= 15 is 0 Å². The van der Waals surface area contributed by atoms with Crippen molar-refractivity contribution in [3.63, 3.8) is 0 Å². The van der Waals surface area contributed by atoms with Crippen LogP contribution in [-0.4, -0.2) is 32.1 Å². The van der Waals surface area contributed by atoms with Gasteiger partial charge in [0, 0.05) is 6.54 Å². The molecule has 3 rings (SSSR count). The molecular formula is C13H12BrN5O3. The number of anilines is 1. The van der Waals surface area contributed by atoms with E-state index in [-0.39, 0.29) is 12.4 Å². The second-order valence-electron chi connectivity index (χ2n) is 4.46. The van der Waals surface area contributed by atoms with Gasteiger partial charge >= 0.3 is 5.97 Å². The maximum absolute atomic E-state index is 11.7. The fourth-order valence-electron chi connectivity index (χ4n) is 1.96. The molecule has 0 unspecified atom stereocenters. The number of hydrogen-bond donors (Lipinski definition) is 1. The van der Waals surface area contributed by atoms with Gasteiger partial charge in [-0.2, -0.15) is 0 Å². The predicted molar refractivity (Wildman–Crippen MR) is 81.0 cm³/mol. The fourth-order valence-corrected chi connectivity index (χ4v) is 2.26. The van der Waals surface area contributed by atoms with Gasteiger partial charge in [0.05, 0.1) is 12.9 Å². The molecular weight excluding hydrogens is 354 g/mol. The van der Waals surface area contributed by atoms with Gasteiger partial charge in [0.2, 0.25) is 5.76 Å². The highest BCUT2D eigenvalue weighted by Gasteiger charge is 2.12. The average molecular weight is 366 g/mol. The summed E-state index contributed by atoms with van der Waals surface area (Å²) < 4.78 is 12.6. The minimum atomic E-state index is -0.493. The lowest BCUT2D eigenvalue weighted by atomic mass is 10.4. The number of furan rings is 1. The van der Waals surface area contributed by atoms with Crippen molar-refractivity contribution in [1.29, 1.82) is 0 Å². The number of esters is 1. The SMILES string of the molecule is Nc1ncnc2c1ncn2CCCOC(=O)c1ccc(Br)o1. The number of aromatic nitrogens is 4. The maximum Gasteiger partial charge on any atom is 0.374 e.